The number of alkyl halides is 2. The molecule has 1 saturated heterocycles. The lowest BCUT2D eigenvalue weighted by molar-refractivity contribution is -0.142. The second kappa shape index (κ2) is 7.43. The molecule has 1 fully saturated rings. The van der Waals surface area contributed by atoms with E-state index in [1.807, 2.05) is 12.1 Å². The largest absolute Gasteiger partial charge is 0.481 e. The van der Waals surface area contributed by atoms with E-state index in [9.17, 15) is 13.6 Å². The van der Waals surface area contributed by atoms with Gasteiger partial charge in [-0.2, -0.15) is 0 Å². The van der Waals surface area contributed by atoms with E-state index in [-0.39, 0.29) is 11.6 Å². The molecule has 2 heterocycles. The van der Waals surface area contributed by atoms with E-state index in [1.165, 1.54) is 6.07 Å². The number of carboxylic acids is 1. The Hall–Kier alpha value is -2.09. The molecule has 2 aromatic rings. The van der Waals surface area contributed by atoms with E-state index in [2.05, 4.69) is 25.9 Å². The van der Waals surface area contributed by atoms with Gasteiger partial charge in [0.25, 0.3) is 6.43 Å². The first kappa shape index (κ1) is 17.7. The Labute approximate surface area is 151 Å². The van der Waals surface area contributed by atoms with Gasteiger partial charge in [-0.15, -0.1) is 0 Å². The van der Waals surface area contributed by atoms with Gasteiger partial charge in [-0.05, 0) is 31.0 Å². The van der Waals surface area contributed by atoms with E-state index in [4.69, 9.17) is 5.11 Å². The lowest BCUT2D eigenvalue weighted by Crippen LogP contribution is -2.37. The molecule has 0 atom stereocenters. The Morgan fingerprint density at radius 2 is 1.84 bits per heavy atom. The van der Waals surface area contributed by atoms with Crippen molar-refractivity contribution in [3.05, 3.63) is 40.5 Å². The van der Waals surface area contributed by atoms with Gasteiger partial charge in [-0.1, -0.05) is 28.1 Å². The number of aliphatic carboxylic acids is 1. The maximum Gasteiger partial charge on any atom is 0.306 e. The molecule has 5 nitrogen and oxygen atoms in total. The van der Waals surface area contributed by atoms with E-state index >= 15 is 0 Å². The standard InChI is InChI=1S/C17H16BrF2N3O2/c18-12-3-1-10(2-4-12)13-9-14(15(19)20)22-17(21-13)23-7-5-11(6-8-23)16(24)25/h1-4,9,11,15H,5-8H2,(H,24,25). The Morgan fingerprint density at radius 1 is 1.20 bits per heavy atom. The molecule has 0 radical (unpaired) electrons. The van der Waals surface area contributed by atoms with Crippen LogP contribution in [0, 0.1) is 5.92 Å². The van der Waals surface area contributed by atoms with Crippen molar-refractivity contribution in [1.82, 2.24) is 9.97 Å². The van der Waals surface area contributed by atoms with Crippen LogP contribution in [0.15, 0.2) is 34.8 Å². The third-order valence-corrected chi connectivity index (χ3v) is 4.75. The predicted molar refractivity (Wildman–Crippen MR) is 92.7 cm³/mol. The molecule has 3 rings (SSSR count). The Morgan fingerprint density at radius 3 is 2.40 bits per heavy atom. The fourth-order valence-corrected chi connectivity index (χ4v) is 3.07. The number of hydrogen-bond donors (Lipinski definition) is 1. The molecule has 1 aromatic carbocycles. The maximum absolute atomic E-state index is 13.2. The summed E-state index contributed by atoms with van der Waals surface area (Å²) >= 11 is 3.34. The second-order valence-electron chi connectivity index (χ2n) is 5.89. The summed E-state index contributed by atoms with van der Waals surface area (Å²) < 4.78 is 27.4. The van der Waals surface area contributed by atoms with Crippen LogP contribution in [-0.2, 0) is 4.79 Å². The van der Waals surface area contributed by atoms with Crippen molar-refractivity contribution in [2.24, 2.45) is 5.92 Å². The van der Waals surface area contributed by atoms with Gasteiger partial charge < -0.3 is 10.0 Å². The van der Waals surface area contributed by atoms with Crippen LogP contribution in [0.4, 0.5) is 14.7 Å². The summed E-state index contributed by atoms with van der Waals surface area (Å²) in [6, 6.07) is 8.51. The molecule has 25 heavy (non-hydrogen) atoms. The predicted octanol–water partition coefficient (Wildman–Crippen LogP) is 4.14. The van der Waals surface area contributed by atoms with E-state index in [0.717, 1.165) is 4.47 Å². The molecular weight excluding hydrogens is 396 g/mol. The highest BCUT2D eigenvalue weighted by atomic mass is 79.9. The highest BCUT2D eigenvalue weighted by Gasteiger charge is 2.26. The van der Waals surface area contributed by atoms with Gasteiger partial charge in [0.15, 0.2) is 0 Å². The molecule has 0 spiro atoms. The average Bonchev–Trinajstić information content (AvgIpc) is 2.62. The Balaban J connectivity index is 1.91. The van der Waals surface area contributed by atoms with Crippen LogP contribution in [0.3, 0.4) is 0 Å². The molecule has 0 saturated carbocycles. The summed E-state index contributed by atoms with van der Waals surface area (Å²) in [6.07, 6.45) is -1.80. The zero-order valence-electron chi connectivity index (χ0n) is 13.2. The van der Waals surface area contributed by atoms with Crippen molar-refractivity contribution < 1.29 is 18.7 Å². The molecule has 1 aromatic heterocycles. The number of carbonyl (C=O) groups is 1. The molecule has 0 aliphatic carbocycles. The quantitative estimate of drug-likeness (QED) is 0.818. The SMILES string of the molecule is O=C(O)C1CCN(c2nc(-c3ccc(Br)cc3)cc(C(F)F)n2)CC1. The number of halogens is 3. The van der Waals surface area contributed by atoms with Crippen LogP contribution in [0.25, 0.3) is 11.3 Å². The van der Waals surface area contributed by atoms with E-state index < -0.39 is 18.3 Å². The van der Waals surface area contributed by atoms with Gasteiger partial charge in [0.1, 0.15) is 5.69 Å². The van der Waals surface area contributed by atoms with Crippen LogP contribution >= 0.6 is 15.9 Å². The first-order valence-corrected chi connectivity index (χ1v) is 8.64. The molecule has 1 N–H and O–H groups in total. The Kier molecular flexibility index (Phi) is 5.27. The first-order chi connectivity index (χ1) is 11.9. The lowest BCUT2D eigenvalue weighted by atomic mass is 9.97. The van der Waals surface area contributed by atoms with Gasteiger partial charge in [0.05, 0.1) is 11.6 Å². The van der Waals surface area contributed by atoms with Crippen LogP contribution in [0.5, 0.6) is 0 Å². The average molecular weight is 412 g/mol. The van der Waals surface area contributed by atoms with Crippen molar-refractivity contribution in [3.63, 3.8) is 0 Å². The third kappa shape index (κ3) is 4.12. The molecular formula is C17H16BrF2N3O2. The minimum atomic E-state index is -2.70. The summed E-state index contributed by atoms with van der Waals surface area (Å²) in [4.78, 5) is 21.2. The normalized spacial score (nSPS) is 15.6. The number of benzene rings is 1. The number of anilines is 1. The van der Waals surface area contributed by atoms with E-state index in [0.29, 0.717) is 37.2 Å². The number of piperidine rings is 1. The van der Waals surface area contributed by atoms with Crippen LogP contribution in [0.2, 0.25) is 0 Å². The van der Waals surface area contributed by atoms with Crippen LogP contribution in [0.1, 0.15) is 25.0 Å². The van der Waals surface area contributed by atoms with Crippen molar-refractivity contribution in [2.45, 2.75) is 19.3 Å². The minimum Gasteiger partial charge on any atom is -0.481 e. The van der Waals surface area contributed by atoms with Crippen LogP contribution < -0.4 is 4.90 Å². The summed E-state index contributed by atoms with van der Waals surface area (Å²) in [6.45, 7) is 0.868. The van der Waals surface area contributed by atoms with Crippen LogP contribution in [-0.4, -0.2) is 34.1 Å². The highest BCUT2D eigenvalue weighted by molar-refractivity contribution is 9.10. The smallest absolute Gasteiger partial charge is 0.306 e. The lowest BCUT2D eigenvalue weighted by Gasteiger charge is -2.30. The maximum atomic E-state index is 13.2. The number of rotatable bonds is 4. The van der Waals surface area contributed by atoms with Gasteiger partial charge in [0, 0.05) is 23.1 Å². The monoisotopic (exact) mass is 411 g/mol. The Bertz CT molecular complexity index is 763. The van der Waals surface area contributed by atoms with Gasteiger partial charge >= 0.3 is 5.97 Å². The number of aromatic nitrogens is 2. The fourth-order valence-electron chi connectivity index (χ4n) is 2.80. The third-order valence-electron chi connectivity index (χ3n) is 4.22. The molecule has 0 amide bonds. The molecule has 8 heteroatoms. The van der Waals surface area contributed by atoms with Crippen molar-refractivity contribution in [3.8, 4) is 11.3 Å². The topological polar surface area (TPSA) is 66.3 Å². The van der Waals surface area contributed by atoms with E-state index in [1.54, 1.807) is 17.0 Å². The van der Waals surface area contributed by atoms with Crippen molar-refractivity contribution in [1.29, 1.82) is 0 Å². The summed E-state index contributed by atoms with van der Waals surface area (Å²) in [7, 11) is 0. The molecule has 0 bridgehead atoms. The highest BCUT2D eigenvalue weighted by Crippen LogP contribution is 2.28. The molecule has 1 aliphatic rings. The number of hydrogen-bond acceptors (Lipinski definition) is 4. The first-order valence-electron chi connectivity index (χ1n) is 7.85. The number of nitrogens with zero attached hydrogens (tertiary/aromatic N) is 3. The fraction of sp³-hybridized carbons (Fsp3) is 0.353. The minimum absolute atomic E-state index is 0.222. The summed E-state index contributed by atoms with van der Waals surface area (Å²) in [5.41, 5.74) is 0.811. The summed E-state index contributed by atoms with van der Waals surface area (Å²) in [5, 5.41) is 9.07. The van der Waals surface area contributed by atoms with Gasteiger partial charge in [-0.3, -0.25) is 4.79 Å². The molecule has 0 unspecified atom stereocenters. The second-order valence-corrected chi connectivity index (χ2v) is 6.80. The zero-order chi connectivity index (χ0) is 18.0. The molecule has 132 valence electrons. The zero-order valence-corrected chi connectivity index (χ0v) is 14.8. The van der Waals surface area contributed by atoms with Gasteiger partial charge in [0.2, 0.25) is 5.95 Å². The van der Waals surface area contributed by atoms with Crippen molar-refractivity contribution >= 4 is 27.8 Å². The summed E-state index contributed by atoms with van der Waals surface area (Å²) in [5.74, 6) is -1.00. The number of carboxylic acid groups (broad SMARTS) is 1. The van der Waals surface area contributed by atoms with Gasteiger partial charge in [-0.25, -0.2) is 18.7 Å². The van der Waals surface area contributed by atoms with Crippen molar-refractivity contribution in [2.75, 3.05) is 18.0 Å². The molecule has 1 aliphatic heterocycles.